The van der Waals surface area contributed by atoms with Crippen LogP contribution in [-0.4, -0.2) is 23.1 Å². The lowest BCUT2D eigenvalue weighted by molar-refractivity contribution is 0.706. The molecule has 0 radical (unpaired) electrons. The summed E-state index contributed by atoms with van der Waals surface area (Å²) in [5, 5.41) is 5.50. The molecule has 0 amide bonds. The van der Waals surface area contributed by atoms with Crippen LogP contribution in [0.4, 0.5) is 5.82 Å². The second kappa shape index (κ2) is 5.93. The summed E-state index contributed by atoms with van der Waals surface area (Å²) in [7, 11) is 0. The van der Waals surface area contributed by atoms with E-state index in [9.17, 15) is 0 Å². The summed E-state index contributed by atoms with van der Waals surface area (Å²) in [4.78, 5) is 8.60. The number of nitrogens with two attached hydrogens (primary N) is 1. The van der Waals surface area contributed by atoms with Crippen LogP contribution >= 0.6 is 11.3 Å². The standard InChI is InChI=1S/C12H18N4S/c1-9-7-17-11-10(9)15-8-16-12(11)14-6-4-2-3-5-13/h7-8H,2-6,13H2,1H3,(H,14,15,16). The van der Waals surface area contributed by atoms with Crippen molar-refractivity contribution in [2.75, 3.05) is 18.4 Å². The van der Waals surface area contributed by atoms with E-state index in [0.717, 1.165) is 42.0 Å². The number of anilines is 1. The molecule has 2 heterocycles. The van der Waals surface area contributed by atoms with E-state index < -0.39 is 0 Å². The molecule has 2 rings (SSSR count). The average Bonchev–Trinajstić information content (AvgIpc) is 2.72. The van der Waals surface area contributed by atoms with Gasteiger partial charge in [0.1, 0.15) is 12.1 Å². The Morgan fingerprint density at radius 1 is 1.29 bits per heavy atom. The Bertz CT molecular complexity index is 480. The molecule has 0 aromatic carbocycles. The molecule has 0 saturated carbocycles. The number of fused-ring (bicyclic) bond motifs is 1. The molecular weight excluding hydrogens is 232 g/mol. The lowest BCUT2D eigenvalue weighted by atomic mass is 10.2. The van der Waals surface area contributed by atoms with Gasteiger partial charge in [0.05, 0.1) is 10.2 Å². The lowest BCUT2D eigenvalue weighted by Crippen LogP contribution is -2.05. The second-order valence-electron chi connectivity index (χ2n) is 4.09. The molecule has 0 aliphatic rings. The zero-order valence-corrected chi connectivity index (χ0v) is 10.9. The van der Waals surface area contributed by atoms with E-state index in [0.29, 0.717) is 0 Å². The van der Waals surface area contributed by atoms with Gasteiger partial charge in [-0.15, -0.1) is 11.3 Å². The maximum atomic E-state index is 5.46. The monoisotopic (exact) mass is 250 g/mol. The minimum atomic E-state index is 0.780. The Morgan fingerprint density at radius 2 is 2.18 bits per heavy atom. The third-order valence-electron chi connectivity index (χ3n) is 2.70. The van der Waals surface area contributed by atoms with Crippen LogP contribution in [-0.2, 0) is 0 Å². The van der Waals surface area contributed by atoms with Crippen molar-refractivity contribution in [2.24, 2.45) is 5.73 Å². The Balaban J connectivity index is 1.99. The maximum Gasteiger partial charge on any atom is 0.147 e. The van der Waals surface area contributed by atoms with Gasteiger partial charge in [0.15, 0.2) is 0 Å². The van der Waals surface area contributed by atoms with E-state index in [2.05, 4.69) is 27.6 Å². The van der Waals surface area contributed by atoms with E-state index in [1.54, 1.807) is 17.7 Å². The fraction of sp³-hybridized carbons (Fsp3) is 0.500. The third-order valence-corrected chi connectivity index (χ3v) is 3.80. The zero-order valence-electron chi connectivity index (χ0n) is 10.1. The molecule has 0 unspecified atom stereocenters. The summed E-state index contributed by atoms with van der Waals surface area (Å²) in [6.07, 6.45) is 5.03. The second-order valence-corrected chi connectivity index (χ2v) is 4.97. The first-order valence-electron chi connectivity index (χ1n) is 5.95. The molecule has 17 heavy (non-hydrogen) atoms. The summed E-state index contributed by atoms with van der Waals surface area (Å²) in [6.45, 7) is 3.81. The maximum absolute atomic E-state index is 5.46. The van der Waals surface area contributed by atoms with Crippen molar-refractivity contribution in [1.82, 2.24) is 9.97 Å². The minimum Gasteiger partial charge on any atom is -0.369 e. The van der Waals surface area contributed by atoms with Crippen molar-refractivity contribution in [2.45, 2.75) is 26.2 Å². The van der Waals surface area contributed by atoms with Crippen molar-refractivity contribution < 1.29 is 0 Å². The lowest BCUT2D eigenvalue weighted by Gasteiger charge is -2.05. The summed E-state index contributed by atoms with van der Waals surface area (Å²) < 4.78 is 1.16. The molecule has 0 aliphatic heterocycles. The first-order chi connectivity index (χ1) is 8.33. The highest BCUT2D eigenvalue weighted by Crippen LogP contribution is 2.28. The average molecular weight is 250 g/mol. The molecule has 2 aromatic heterocycles. The van der Waals surface area contributed by atoms with Gasteiger partial charge in [0, 0.05) is 6.54 Å². The Labute approximate surface area is 105 Å². The van der Waals surface area contributed by atoms with Gasteiger partial charge in [-0.1, -0.05) is 6.42 Å². The first kappa shape index (κ1) is 12.3. The smallest absolute Gasteiger partial charge is 0.147 e. The number of rotatable bonds is 6. The van der Waals surface area contributed by atoms with Gasteiger partial charge in [-0.05, 0) is 37.3 Å². The predicted octanol–water partition coefficient (Wildman–Crippen LogP) is 2.54. The van der Waals surface area contributed by atoms with Gasteiger partial charge in [0.2, 0.25) is 0 Å². The highest BCUT2D eigenvalue weighted by molar-refractivity contribution is 7.18. The van der Waals surface area contributed by atoms with Gasteiger partial charge >= 0.3 is 0 Å². The molecule has 92 valence electrons. The topological polar surface area (TPSA) is 63.8 Å². The largest absolute Gasteiger partial charge is 0.369 e. The van der Waals surface area contributed by atoms with Gasteiger partial charge in [0.25, 0.3) is 0 Å². The minimum absolute atomic E-state index is 0.780. The Kier molecular flexibility index (Phi) is 4.28. The van der Waals surface area contributed by atoms with Crippen LogP contribution in [0.3, 0.4) is 0 Å². The van der Waals surface area contributed by atoms with Gasteiger partial charge in [-0.25, -0.2) is 9.97 Å². The zero-order chi connectivity index (χ0) is 12.1. The molecule has 0 bridgehead atoms. The van der Waals surface area contributed by atoms with Crippen LogP contribution in [0.2, 0.25) is 0 Å². The van der Waals surface area contributed by atoms with E-state index >= 15 is 0 Å². The quantitative estimate of drug-likeness (QED) is 0.773. The molecular formula is C12H18N4S. The SMILES string of the molecule is Cc1csc2c(NCCCCCN)ncnc12. The molecule has 4 nitrogen and oxygen atoms in total. The molecule has 0 fully saturated rings. The number of hydrogen-bond acceptors (Lipinski definition) is 5. The van der Waals surface area contributed by atoms with E-state index in [1.807, 2.05) is 0 Å². The van der Waals surface area contributed by atoms with E-state index in [-0.39, 0.29) is 0 Å². The summed E-state index contributed by atoms with van der Waals surface area (Å²) in [5.74, 6) is 0.959. The van der Waals surface area contributed by atoms with Gasteiger partial charge in [-0.3, -0.25) is 0 Å². The van der Waals surface area contributed by atoms with Crippen LogP contribution in [0.15, 0.2) is 11.7 Å². The Hall–Kier alpha value is -1.20. The summed E-state index contributed by atoms with van der Waals surface area (Å²) >= 11 is 1.70. The summed E-state index contributed by atoms with van der Waals surface area (Å²) in [6, 6.07) is 0. The number of hydrogen-bond donors (Lipinski definition) is 2. The molecule has 2 aromatic rings. The number of thiophene rings is 1. The molecule has 0 spiro atoms. The number of unbranched alkanes of at least 4 members (excludes halogenated alkanes) is 2. The van der Waals surface area contributed by atoms with Crippen LogP contribution in [0.5, 0.6) is 0 Å². The Morgan fingerprint density at radius 3 is 3.00 bits per heavy atom. The van der Waals surface area contributed by atoms with E-state index in [1.165, 1.54) is 12.0 Å². The number of nitrogens with zero attached hydrogens (tertiary/aromatic N) is 2. The number of aromatic nitrogens is 2. The van der Waals surface area contributed by atoms with Crippen molar-refractivity contribution in [3.63, 3.8) is 0 Å². The van der Waals surface area contributed by atoms with Crippen molar-refractivity contribution in [3.8, 4) is 0 Å². The van der Waals surface area contributed by atoms with Gasteiger partial charge in [-0.2, -0.15) is 0 Å². The molecule has 0 aliphatic carbocycles. The molecule has 3 N–H and O–H groups in total. The highest BCUT2D eigenvalue weighted by Gasteiger charge is 2.06. The molecule has 5 heteroatoms. The third kappa shape index (κ3) is 2.92. The van der Waals surface area contributed by atoms with Crippen molar-refractivity contribution in [3.05, 3.63) is 17.3 Å². The van der Waals surface area contributed by atoms with Crippen LogP contribution in [0.1, 0.15) is 24.8 Å². The summed E-state index contributed by atoms with van der Waals surface area (Å²) in [5.41, 5.74) is 7.74. The fourth-order valence-electron chi connectivity index (χ4n) is 1.75. The number of aryl methyl sites for hydroxylation is 1. The van der Waals surface area contributed by atoms with Crippen LogP contribution < -0.4 is 11.1 Å². The van der Waals surface area contributed by atoms with Crippen molar-refractivity contribution in [1.29, 1.82) is 0 Å². The van der Waals surface area contributed by atoms with Gasteiger partial charge < -0.3 is 11.1 Å². The predicted molar refractivity (Wildman–Crippen MR) is 73.5 cm³/mol. The van der Waals surface area contributed by atoms with Crippen LogP contribution in [0, 0.1) is 6.92 Å². The normalized spacial score (nSPS) is 10.9. The fourth-order valence-corrected chi connectivity index (χ4v) is 2.72. The van der Waals surface area contributed by atoms with Crippen molar-refractivity contribution >= 4 is 27.4 Å². The number of nitrogens with one attached hydrogen (secondary N) is 1. The highest BCUT2D eigenvalue weighted by atomic mass is 32.1. The molecule has 0 saturated heterocycles. The van der Waals surface area contributed by atoms with Crippen LogP contribution in [0.25, 0.3) is 10.2 Å². The molecule has 0 atom stereocenters. The van der Waals surface area contributed by atoms with E-state index in [4.69, 9.17) is 5.73 Å². The first-order valence-corrected chi connectivity index (χ1v) is 6.83.